The smallest absolute Gasteiger partial charge is 0.185 e. The predicted molar refractivity (Wildman–Crippen MR) is 59.0 cm³/mol. The lowest BCUT2D eigenvalue weighted by Gasteiger charge is -1.97. The van der Waals surface area contributed by atoms with Crippen molar-refractivity contribution in [3.63, 3.8) is 0 Å². The normalized spacial score (nSPS) is 10.4. The number of halogens is 2. The van der Waals surface area contributed by atoms with Gasteiger partial charge in [-0.2, -0.15) is 0 Å². The Labute approximate surface area is 93.2 Å². The van der Waals surface area contributed by atoms with Gasteiger partial charge in [0.1, 0.15) is 9.39 Å². The molecule has 0 aliphatic rings. The van der Waals surface area contributed by atoms with Crippen molar-refractivity contribution in [3.05, 3.63) is 33.7 Å². The van der Waals surface area contributed by atoms with Crippen molar-refractivity contribution < 1.29 is 8.91 Å². The number of benzene rings is 1. The van der Waals surface area contributed by atoms with Gasteiger partial charge >= 0.3 is 0 Å². The zero-order chi connectivity index (χ0) is 10.1. The summed E-state index contributed by atoms with van der Waals surface area (Å²) in [6, 6.07) is 6.33. The van der Waals surface area contributed by atoms with Gasteiger partial charge in [0.05, 0.1) is 5.56 Å². The van der Waals surface area contributed by atoms with Gasteiger partial charge in [-0.3, -0.25) is 0 Å². The van der Waals surface area contributed by atoms with Gasteiger partial charge in [-0.1, -0.05) is 17.3 Å². The van der Waals surface area contributed by atoms with E-state index in [1.54, 1.807) is 18.2 Å². The number of aromatic nitrogens is 1. The fraction of sp³-hybridized carbons (Fsp3) is 0. The molecule has 0 bridgehead atoms. The molecular formula is C9H6FIN2O. The van der Waals surface area contributed by atoms with Crippen molar-refractivity contribution in [2.75, 3.05) is 5.73 Å². The van der Waals surface area contributed by atoms with Gasteiger partial charge in [-0.15, -0.1) is 0 Å². The maximum Gasteiger partial charge on any atom is 0.185 e. The van der Waals surface area contributed by atoms with E-state index in [2.05, 4.69) is 5.16 Å². The Bertz CT molecular complexity index is 470. The Morgan fingerprint density at radius 1 is 1.36 bits per heavy atom. The molecule has 72 valence electrons. The standard InChI is InChI=1S/C9H6FIN2O/c10-6-4-2-1-3-5(6)8-7(11)9(12)13-14-8/h1-4H,(H2,12,13). The lowest BCUT2D eigenvalue weighted by atomic mass is 10.1. The minimum atomic E-state index is -0.346. The maximum atomic E-state index is 13.3. The minimum absolute atomic E-state index is 0.281. The van der Waals surface area contributed by atoms with Crippen LogP contribution < -0.4 is 5.73 Å². The van der Waals surface area contributed by atoms with E-state index < -0.39 is 0 Å². The molecule has 5 heteroatoms. The fourth-order valence-corrected chi connectivity index (χ4v) is 1.59. The predicted octanol–water partition coefficient (Wildman–Crippen LogP) is 2.67. The molecule has 2 N–H and O–H groups in total. The average Bonchev–Trinajstić information content (AvgIpc) is 2.49. The highest BCUT2D eigenvalue weighted by molar-refractivity contribution is 14.1. The van der Waals surface area contributed by atoms with Crippen LogP contribution in [0.1, 0.15) is 0 Å². The zero-order valence-electron chi connectivity index (χ0n) is 7.00. The Morgan fingerprint density at radius 3 is 2.64 bits per heavy atom. The van der Waals surface area contributed by atoms with Crippen LogP contribution in [-0.4, -0.2) is 5.16 Å². The first kappa shape index (κ1) is 9.45. The van der Waals surface area contributed by atoms with E-state index in [-0.39, 0.29) is 11.6 Å². The summed E-state index contributed by atoms with van der Waals surface area (Å²) >= 11 is 1.97. The molecule has 1 aromatic carbocycles. The second-order valence-electron chi connectivity index (χ2n) is 2.69. The van der Waals surface area contributed by atoms with Gasteiger partial charge in [-0.05, 0) is 34.7 Å². The van der Waals surface area contributed by atoms with Crippen molar-refractivity contribution in [2.24, 2.45) is 0 Å². The van der Waals surface area contributed by atoms with Crippen LogP contribution in [-0.2, 0) is 0 Å². The maximum absolute atomic E-state index is 13.3. The van der Waals surface area contributed by atoms with Gasteiger partial charge in [0.15, 0.2) is 11.6 Å². The lowest BCUT2D eigenvalue weighted by molar-refractivity contribution is 0.433. The van der Waals surface area contributed by atoms with E-state index in [9.17, 15) is 4.39 Å². The molecule has 0 saturated carbocycles. The van der Waals surface area contributed by atoms with Gasteiger partial charge in [0.25, 0.3) is 0 Å². The first-order valence-electron chi connectivity index (χ1n) is 3.85. The first-order chi connectivity index (χ1) is 6.70. The number of anilines is 1. The van der Waals surface area contributed by atoms with Crippen LogP contribution in [0.25, 0.3) is 11.3 Å². The summed E-state index contributed by atoms with van der Waals surface area (Å²) in [7, 11) is 0. The molecular weight excluding hydrogens is 298 g/mol. The zero-order valence-corrected chi connectivity index (χ0v) is 9.16. The van der Waals surface area contributed by atoms with Gasteiger partial charge in [0.2, 0.25) is 0 Å². The number of nitrogens with zero attached hydrogens (tertiary/aromatic N) is 1. The van der Waals surface area contributed by atoms with Crippen molar-refractivity contribution in [1.29, 1.82) is 0 Å². The number of nitrogen functional groups attached to an aromatic ring is 1. The average molecular weight is 304 g/mol. The largest absolute Gasteiger partial charge is 0.380 e. The Kier molecular flexibility index (Phi) is 2.40. The molecule has 0 aliphatic carbocycles. The SMILES string of the molecule is Nc1noc(-c2ccccc2F)c1I. The number of nitrogens with two attached hydrogens (primary N) is 1. The molecule has 0 spiro atoms. The van der Waals surface area contributed by atoms with Crippen molar-refractivity contribution in [3.8, 4) is 11.3 Å². The van der Waals surface area contributed by atoms with Crippen LogP contribution in [0.3, 0.4) is 0 Å². The van der Waals surface area contributed by atoms with Crippen molar-refractivity contribution >= 4 is 28.4 Å². The molecule has 0 saturated heterocycles. The lowest BCUT2D eigenvalue weighted by Crippen LogP contribution is -1.87. The van der Waals surface area contributed by atoms with E-state index in [0.29, 0.717) is 14.9 Å². The van der Waals surface area contributed by atoms with Gasteiger partial charge in [-0.25, -0.2) is 4.39 Å². The molecule has 0 aliphatic heterocycles. The highest BCUT2D eigenvalue weighted by atomic mass is 127. The molecule has 0 unspecified atom stereocenters. The van der Waals surface area contributed by atoms with E-state index in [4.69, 9.17) is 10.3 Å². The fourth-order valence-electron chi connectivity index (χ4n) is 1.10. The van der Waals surface area contributed by atoms with E-state index in [1.807, 2.05) is 22.6 Å². The molecule has 0 atom stereocenters. The summed E-state index contributed by atoms with van der Waals surface area (Å²) in [6.07, 6.45) is 0. The summed E-state index contributed by atoms with van der Waals surface area (Å²) in [5.74, 6) is 0.312. The molecule has 0 amide bonds. The Morgan fingerprint density at radius 2 is 2.07 bits per heavy atom. The summed E-state index contributed by atoms with van der Waals surface area (Å²) in [5, 5.41) is 3.56. The molecule has 3 nitrogen and oxygen atoms in total. The highest BCUT2D eigenvalue weighted by Gasteiger charge is 2.15. The first-order valence-corrected chi connectivity index (χ1v) is 4.93. The van der Waals surface area contributed by atoms with Crippen LogP contribution in [0.5, 0.6) is 0 Å². The number of hydrogen-bond acceptors (Lipinski definition) is 3. The monoisotopic (exact) mass is 304 g/mol. The molecule has 1 heterocycles. The van der Waals surface area contributed by atoms with E-state index in [1.165, 1.54) is 6.07 Å². The minimum Gasteiger partial charge on any atom is -0.380 e. The van der Waals surface area contributed by atoms with Crippen LogP contribution in [0.4, 0.5) is 10.2 Å². The van der Waals surface area contributed by atoms with E-state index in [0.717, 1.165) is 0 Å². The summed E-state index contributed by atoms with van der Waals surface area (Å²) in [6.45, 7) is 0. The molecule has 0 fully saturated rings. The third-order valence-electron chi connectivity index (χ3n) is 1.78. The number of rotatable bonds is 1. The van der Waals surface area contributed by atoms with Gasteiger partial charge < -0.3 is 10.3 Å². The van der Waals surface area contributed by atoms with Gasteiger partial charge in [0, 0.05) is 0 Å². The molecule has 1 aromatic heterocycles. The number of hydrogen-bond donors (Lipinski definition) is 1. The summed E-state index contributed by atoms with van der Waals surface area (Å²) in [4.78, 5) is 0. The van der Waals surface area contributed by atoms with Crippen LogP contribution >= 0.6 is 22.6 Å². The second-order valence-corrected chi connectivity index (χ2v) is 3.77. The van der Waals surface area contributed by atoms with E-state index >= 15 is 0 Å². The molecule has 2 rings (SSSR count). The summed E-state index contributed by atoms with van der Waals surface area (Å²) < 4.78 is 18.9. The Hall–Kier alpha value is -1.11. The molecule has 2 aromatic rings. The third kappa shape index (κ3) is 1.47. The third-order valence-corrected chi connectivity index (χ3v) is 2.82. The quantitative estimate of drug-likeness (QED) is 0.824. The Balaban J connectivity index is 2.60. The molecule has 0 radical (unpaired) electrons. The van der Waals surface area contributed by atoms with Crippen LogP contribution in [0.2, 0.25) is 0 Å². The van der Waals surface area contributed by atoms with Crippen molar-refractivity contribution in [1.82, 2.24) is 5.16 Å². The second kappa shape index (κ2) is 3.56. The highest BCUT2D eigenvalue weighted by Crippen LogP contribution is 2.30. The van der Waals surface area contributed by atoms with Crippen LogP contribution in [0.15, 0.2) is 28.8 Å². The summed E-state index contributed by atoms with van der Waals surface area (Å²) in [5.41, 5.74) is 5.87. The van der Waals surface area contributed by atoms with Crippen LogP contribution in [0, 0.1) is 9.39 Å². The van der Waals surface area contributed by atoms with Crippen molar-refractivity contribution in [2.45, 2.75) is 0 Å². The topological polar surface area (TPSA) is 52.0 Å². The molecule has 14 heavy (non-hydrogen) atoms.